The first-order chi connectivity index (χ1) is 5.11. The SMILES string of the molecule is CC(=O)N(C)[C@@H]1CC[C@@H](F)C1. The van der Waals surface area contributed by atoms with Gasteiger partial charge in [-0.15, -0.1) is 0 Å². The molecule has 1 amide bonds. The van der Waals surface area contributed by atoms with Crippen molar-refractivity contribution in [2.24, 2.45) is 0 Å². The van der Waals surface area contributed by atoms with Crippen molar-refractivity contribution in [2.75, 3.05) is 7.05 Å². The number of carbonyl (C=O) groups is 1. The predicted molar refractivity (Wildman–Crippen MR) is 41.0 cm³/mol. The zero-order valence-electron chi connectivity index (χ0n) is 7.01. The second-order valence-corrected chi connectivity index (χ2v) is 3.19. The summed E-state index contributed by atoms with van der Waals surface area (Å²) in [5.74, 6) is 0.0316. The Morgan fingerprint density at radius 1 is 1.55 bits per heavy atom. The molecule has 1 aliphatic carbocycles. The van der Waals surface area contributed by atoms with E-state index in [2.05, 4.69) is 0 Å². The molecule has 0 radical (unpaired) electrons. The Hall–Kier alpha value is -0.600. The topological polar surface area (TPSA) is 20.3 Å². The number of hydrogen-bond acceptors (Lipinski definition) is 1. The average molecular weight is 159 g/mol. The maximum atomic E-state index is 12.7. The standard InChI is InChI=1S/C8H14FNO/c1-6(11)10(2)8-4-3-7(9)5-8/h7-8H,3-5H2,1-2H3/t7-,8-/m1/s1. The Bertz CT molecular complexity index is 160. The van der Waals surface area contributed by atoms with E-state index in [9.17, 15) is 9.18 Å². The highest BCUT2D eigenvalue weighted by Crippen LogP contribution is 2.25. The number of carbonyl (C=O) groups excluding carboxylic acids is 1. The van der Waals surface area contributed by atoms with Gasteiger partial charge in [-0.3, -0.25) is 4.79 Å². The molecule has 0 unspecified atom stereocenters. The van der Waals surface area contributed by atoms with Crippen LogP contribution in [0.5, 0.6) is 0 Å². The molecule has 0 bridgehead atoms. The second kappa shape index (κ2) is 3.20. The summed E-state index contributed by atoms with van der Waals surface area (Å²) < 4.78 is 12.7. The summed E-state index contributed by atoms with van der Waals surface area (Å²) in [6, 6.07) is 0.141. The molecular weight excluding hydrogens is 145 g/mol. The maximum absolute atomic E-state index is 12.7. The van der Waals surface area contributed by atoms with Crippen LogP contribution in [0, 0.1) is 0 Å². The van der Waals surface area contributed by atoms with Crippen molar-refractivity contribution < 1.29 is 9.18 Å². The summed E-state index contributed by atoms with van der Waals surface area (Å²) in [6.45, 7) is 1.52. The first-order valence-corrected chi connectivity index (χ1v) is 3.98. The van der Waals surface area contributed by atoms with E-state index in [0.717, 1.165) is 6.42 Å². The number of nitrogens with zero attached hydrogens (tertiary/aromatic N) is 1. The molecule has 0 aromatic heterocycles. The molecule has 2 nitrogen and oxygen atoms in total. The summed E-state index contributed by atoms with van der Waals surface area (Å²) in [5, 5.41) is 0. The van der Waals surface area contributed by atoms with Crippen molar-refractivity contribution in [3.05, 3.63) is 0 Å². The van der Waals surface area contributed by atoms with E-state index in [1.807, 2.05) is 0 Å². The zero-order chi connectivity index (χ0) is 8.43. The molecule has 0 aromatic carbocycles. The van der Waals surface area contributed by atoms with E-state index < -0.39 is 6.17 Å². The smallest absolute Gasteiger partial charge is 0.219 e. The van der Waals surface area contributed by atoms with E-state index in [4.69, 9.17) is 0 Å². The molecule has 0 heterocycles. The molecular formula is C8H14FNO. The third-order valence-electron chi connectivity index (χ3n) is 2.39. The summed E-state index contributed by atoms with van der Waals surface area (Å²) >= 11 is 0. The Morgan fingerprint density at radius 2 is 2.18 bits per heavy atom. The molecule has 3 heteroatoms. The van der Waals surface area contributed by atoms with E-state index in [1.165, 1.54) is 6.92 Å². The minimum Gasteiger partial charge on any atom is -0.343 e. The van der Waals surface area contributed by atoms with E-state index in [-0.39, 0.29) is 11.9 Å². The Labute approximate surface area is 66.4 Å². The molecule has 1 aliphatic rings. The lowest BCUT2D eigenvalue weighted by Gasteiger charge is -2.22. The number of amides is 1. The fraction of sp³-hybridized carbons (Fsp3) is 0.875. The fourth-order valence-electron chi connectivity index (χ4n) is 1.51. The molecule has 64 valence electrons. The molecule has 2 atom stereocenters. The van der Waals surface area contributed by atoms with Crippen LogP contribution in [0.1, 0.15) is 26.2 Å². The van der Waals surface area contributed by atoms with Crippen LogP contribution >= 0.6 is 0 Å². The average Bonchev–Trinajstić information content (AvgIpc) is 2.34. The van der Waals surface area contributed by atoms with Crippen molar-refractivity contribution in [3.63, 3.8) is 0 Å². The van der Waals surface area contributed by atoms with E-state index in [1.54, 1.807) is 11.9 Å². The summed E-state index contributed by atoms with van der Waals surface area (Å²) in [4.78, 5) is 12.5. The molecule has 1 rings (SSSR count). The lowest BCUT2D eigenvalue weighted by atomic mass is 10.2. The summed E-state index contributed by atoms with van der Waals surface area (Å²) in [6.07, 6.45) is 1.26. The molecule has 0 saturated heterocycles. The molecule has 0 aliphatic heterocycles. The second-order valence-electron chi connectivity index (χ2n) is 3.19. The molecule has 1 saturated carbocycles. The minimum absolute atomic E-state index is 0.0316. The number of alkyl halides is 1. The van der Waals surface area contributed by atoms with Gasteiger partial charge in [-0.2, -0.15) is 0 Å². The van der Waals surface area contributed by atoms with E-state index >= 15 is 0 Å². The van der Waals surface area contributed by atoms with Gasteiger partial charge in [0, 0.05) is 20.0 Å². The largest absolute Gasteiger partial charge is 0.343 e. The number of halogens is 1. The van der Waals surface area contributed by atoms with Crippen molar-refractivity contribution >= 4 is 5.91 Å². The summed E-state index contributed by atoms with van der Waals surface area (Å²) in [5.41, 5.74) is 0. The van der Waals surface area contributed by atoms with Crippen LogP contribution < -0.4 is 0 Å². The lowest BCUT2D eigenvalue weighted by Crippen LogP contribution is -2.33. The van der Waals surface area contributed by atoms with Crippen LogP contribution in [-0.4, -0.2) is 30.1 Å². The Kier molecular flexibility index (Phi) is 2.47. The van der Waals surface area contributed by atoms with Gasteiger partial charge in [0.15, 0.2) is 0 Å². The molecule has 1 fully saturated rings. The van der Waals surface area contributed by atoms with Gasteiger partial charge in [0.25, 0.3) is 0 Å². The first-order valence-electron chi connectivity index (χ1n) is 3.98. The van der Waals surface area contributed by atoms with Crippen molar-refractivity contribution in [1.29, 1.82) is 0 Å². The van der Waals surface area contributed by atoms with Gasteiger partial charge < -0.3 is 4.90 Å². The minimum atomic E-state index is -0.693. The number of rotatable bonds is 1. The highest BCUT2D eigenvalue weighted by Gasteiger charge is 2.28. The maximum Gasteiger partial charge on any atom is 0.219 e. The highest BCUT2D eigenvalue weighted by molar-refractivity contribution is 5.73. The van der Waals surface area contributed by atoms with Gasteiger partial charge in [-0.05, 0) is 19.3 Å². The zero-order valence-corrected chi connectivity index (χ0v) is 7.01. The van der Waals surface area contributed by atoms with E-state index in [0.29, 0.717) is 12.8 Å². The lowest BCUT2D eigenvalue weighted by molar-refractivity contribution is -0.129. The van der Waals surface area contributed by atoms with Gasteiger partial charge in [-0.25, -0.2) is 4.39 Å². The number of hydrogen-bond donors (Lipinski definition) is 0. The van der Waals surface area contributed by atoms with Crippen LogP contribution in [0.4, 0.5) is 4.39 Å². The third kappa shape index (κ3) is 1.91. The van der Waals surface area contributed by atoms with Crippen LogP contribution in [0.25, 0.3) is 0 Å². The fourth-order valence-corrected chi connectivity index (χ4v) is 1.51. The van der Waals surface area contributed by atoms with Crippen LogP contribution in [-0.2, 0) is 4.79 Å². The van der Waals surface area contributed by atoms with Crippen LogP contribution in [0.3, 0.4) is 0 Å². The van der Waals surface area contributed by atoms with Crippen molar-refractivity contribution in [3.8, 4) is 0 Å². The molecule has 0 N–H and O–H groups in total. The van der Waals surface area contributed by atoms with Gasteiger partial charge in [0.2, 0.25) is 5.91 Å². The van der Waals surface area contributed by atoms with Gasteiger partial charge in [-0.1, -0.05) is 0 Å². The predicted octanol–water partition coefficient (Wildman–Crippen LogP) is 1.36. The van der Waals surface area contributed by atoms with Gasteiger partial charge in [0.05, 0.1) is 0 Å². The molecule has 0 spiro atoms. The quantitative estimate of drug-likeness (QED) is 0.565. The summed E-state index contributed by atoms with van der Waals surface area (Å²) in [7, 11) is 1.74. The molecule has 0 aromatic rings. The highest BCUT2D eigenvalue weighted by atomic mass is 19.1. The van der Waals surface area contributed by atoms with Crippen molar-refractivity contribution in [1.82, 2.24) is 4.90 Å². The van der Waals surface area contributed by atoms with Crippen molar-refractivity contribution in [2.45, 2.75) is 38.4 Å². The first kappa shape index (κ1) is 8.50. The molecule has 11 heavy (non-hydrogen) atoms. The Morgan fingerprint density at radius 3 is 2.55 bits per heavy atom. The third-order valence-corrected chi connectivity index (χ3v) is 2.39. The van der Waals surface area contributed by atoms with Crippen LogP contribution in [0.2, 0.25) is 0 Å². The van der Waals surface area contributed by atoms with Gasteiger partial charge in [0.1, 0.15) is 6.17 Å². The monoisotopic (exact) mass is 159 g/mol. The van der Waals surface area contributed by atoms with Crippen LogP contribution in [0.15, 0.2) is 0 Å². The van der Waals surface area contributed by atoms with Gasteiger partial charge >= 0.3 is 0 Å². The Balaban J connectivity index is 2.43. The normalized spacial score (nSPS) is 30.5.